The van der Waals surface area contributed by atoms with Gasteiger partial charge >= 0.3 is 5.97 Å². The third-order valence-electron chi connectivity index (χ3n) is 9.32. The van der Waals surface area contributed by atoms with E-state index in [0.717, 1.165) is 80.1 Å². The second-order valence-electron chi connectivity index (χ2n) is 12.9. The molecule has 0 fully saturated rings. The predicted octanol–water partition coefficient (Wildman–Crippen LogP) is 5.77. The fraction of sp³-hybridized carbons (Fsp3) is 0.615. The molecule has 0 unspecified atom stereocenters. The van der Waals surface area contributed by atoms with Gasteiger partial charge in [-0.05, 0) is 73.6 Å². The molecule has 1 aliphatic carbocycles. The number of aryl methyl sites for hydroxylation is 2. The number of hydrogen-bond acceptors (Lipinski definition) is 6. The van der Waals surface area contributed by atoms with Gasteiger partial charge in [0.25, 0.3) is 0 Å². The lowest BCUT2D eigenvalue weighted by atomic mass is 9.83. The van der Waals surface area contributed by atoms with E-state index in [0.29, 0.717) is 25.7 Å². The molecule has 0 aromatic heterocycles. The Morgan fingerprint density at radius 3 is 2.63 bits per heavy atom. The quantitative estimate of drug-likeness (QED) is 0.0728. The van der Waals surface area contributed by atoms with Crippen LogP contribution < -0.4 is 5.32 Å². The fourth-order valence-corrected chi connectivity index (χ4v) is 6.63. The average molecular weight is 636 g/mol. The van der Waals surface area contributed by atoms with Gasteiger partial charge in [-0.25, -0.2) is 0 Å². The van der Waals surface area contributed by atoms with Crippen molar-refractivity contribution in [3.63, 3.8) is 0 Å². The normalized spacial score (nSPS) is 24.7. The first-order valence-corrected chi connectivity index (χ1v) is 17.6. The number of benzene rings is 1. The second kappa shape index (κ2) is 20.5. The Morgan fingerprint density at radius 2 is 1.89 bits per heavy atom. The van der Waals surface area contributed by atoms with Crippen molar-refractivity contribution in [2.45, 2.75) is 141 Å². The van der Waals surface area contributed by atoms with Crippen molar-refractivity contribution < 1.29 is 30.3 Å². The molecule has 7 nitrogen and oxygen atoms in total. The van der Waals surface area contributed by atoms with Gasteiger partial charge in [0.2, 0.25) is 0 Å². The fourth-order valence-electron chi connectivity index (χ4n) is 6.63. The van der Waals surface area contributed by atoms with E-state index in [2.05, 4.69) is 55.3 Å². The van der Waals surface area contributed by atoms with Gasteiger partial charge in [0.15, 0.2) is 0 Å². The van der Waals surface area contributed by atoms with Crippen LogP contribution in [0.5, 0.6) is 0 Å². The average Bonchev–Trinajstić information content (AvgIpc) is 3.04. The van der Waals surface area contributed by atoms with Gasteiger partial charge in [-0.15, -0.1) is 0 Å². The van der Waals surface area contributed by atoms with Crippen LogP contribution in [0.3, 0.4) is 0 Å². The van der Waals surface area contributed by atoms with E-state index in [1.807, 2.05) is 18.2 Å². The molecule has 0 saturated carbocycles. The van der Waals surface area contributed by atoms with Gasteiger partial charge in [0, 0.05) is 18.0 Å². The maximum atomic E-state index is 11.3. The number of nitrogens with one attached hydrogen (secondary N) is 1. The van der Waals surface area contributed by atoms with Crippen molar-refractivity contribution in [3.05, 3.63) is 70.3 Å². The zero-order valence-electron chi connectivity index (χ0n) is 28.0. The molecule has 254 valence electrons. The van der Waals surface area contributed by atoms with Crippen molar-refractivity contribution in [1.82, 2.24) is 5.32 Å². The van der Waals surface area contributed by atoms with Crippen LogP contribution in [0.1, 0.15) is 114 Å². The lowest BCUT2D eigenvalue weighted by Gasteiger charge is -2.36. The number of allylic oxidation sites excluding steroid dienone is 2. The number of aliphatic hydroxyl groups is 4. The maximum Gasteiger partial charge on any atom is 0.303 e. The van der Waals surface area contributed by atoms with Crippen molar-refractivity contribution >= 4 is 5.97 Å². The molecule has 46 heavy (non-hydrogen) atoms. The number of carbonyl (C=O) groups is 1. The molecule has 0 bridgehead atoms. The number of carboxylic acid groups (broad SMARTS) is 1. The summed E-state index contributed by atoms with van der Waals surface area (Å²) in [6, 6.07) is 5.79. The maximum absolute atomic E-state index is 11.3. The summed E-state index contributed by atoms with van der Waals surface area (Å²) in [6.07, 6.45) is 16.6. The number of fused-ring (bicyclic) bond motifs is 2. The van der Waals surface area contributed by atoms with E-state index >= 15 is 0 Å². The Labute approximate surface area is 276 Å². The van der Waals surface area contributed by atoms with Gasteiger partial charge in [-0.2, -0.15) is 0 Å². The molecule has 0 saturated heterocycles. The number of rotatable bonds is 17. The number of hydrogen-bond donors (Lipinski definition) is 6. The Bertz CT molecular complexity index is 1240. The summed E-state index contributed by atoms with van der Waals surface area (Å²) in [6.45, 7) is 3.91. The molecular formula is C39H57NO6. The van der Waals surface area contributed by atoms with Gasteiger partial charge in [0.1, 0.15) is 0 Å². The third kappa shape index (κ3) is 12.1. The highest BCUT2D eigenvalue weighted by molar-refractivity contribution is 5.66. The van der Waals surface area contributed by atoms with Gasteiger partial charge in [-0.3, -0.25) is 4.79 Å². The molecule has 6 atom stereocenters. The van der Waals surface area contributed by atoms with Gasteiger partial charge in [0.05, 0.1) is 36.9 Å². The molecule has 1 aromatic carbocycles. The summed E-state index contributed by atoms with van der Waals surface area (Å²) in [5, 5.41) is 55.8. The van der Waals surface area contributed by atoms with Crippen molar-refractivity contribution in [3.8, 4) is 11.8 Å². The van der Waals surface area contributed by atoms with Crippen LogP contribution in [0.4, 0.5) is 0 Å². The molecule has 1 heterocycles. The number of unbranched alkanes of at least 4 members (excludes halogenated alkanes) is 5. The molecule has 1 aliphatic heterocycles. The molecule has 3 rings (SSSR count). The predicted molar refractivity (Wildman–Crippen MR) is 184 cm³/mol. The first kappa shape index (κ1) is 37.7. The lowest BCUT2D eigenvalue weighted by molar-refractivity contribution is -0.137. The third-order valence-corrected chi connectivity index (χ3v) is 9.32. The van der Waals surface area contributed by atoms with Crippen LogP contribution in [-0.4, -0.2) is 68.5 Å². The number of carboxylic acids is 1. The smallest absolute Gasteiger partial charge is 0.303 e. The highest BCUT2D eigenvalue weighted by atomic mass is 16.4. The monoisotopic (exact) mass is 635 g/mol. The zero-order valence-corrected chi connectivity index (χ0v) is 28.0. The van der Waals surface area contributed by atoms with Gasteiger partial charge in [-0.1, -0.05) is 107 Å². The highest BCUT2D eigenvalue weighted by Gasteiger charge is 2.32. The summed E-state index contributed by atoms with van der Waals surface area (Å²) >= 11 is 0. The van der Waals surface area contributed by atoms with Crippen LogP contribution in [0.15, 0.2) is 53.6 Å². The lowest BCUT2D eigenvalue weighted by Crippen LogP contribution is -2.51. The van der Waals surface area contributed by atoms with E-state index in [1.165, 1.54) is 5.56 Å². The van der Waals surface area contributed by atoms with E-state index in [-0.39, 0.29) is 37.5 Å². The number of aliphatic hydroxyl groups excluding tert-OH is 4. The molecule has 0 radical (unpaired) electrons. The standard InChI is InChI=1S/C39H57NO6/c1-3-5-8-16-32(42)24-22-30-21-20-29-14-11-13-28(4-2)34(29)25-23-31-15-12-18-37(44)39(31)40-36(35(30)26-33(43)27-41)17-9-6-7-10-19-38(45)46/h11-15,22,24,31-33,36-37,39-44H,3-10,16-21,26-27H2,1-2H3,(H,45,46)/b24-22+,35-30+/t31-,32+,33+,36+,37+,39+/m1/s1. The first-order valence-electron chi connectivity index (χ1n) is 17.6. The van der Waals surface area contributed by atoms with Crippen molar-refractivity contribution in [2.24, 2.45) is 5.92 Å². The number of aliphatic carboxylic acids is 1. The molecule has 2 aliphatic rings. The van der Waals surface area contributed by atoms with Gasteiger partial charge < -0.3 is 30.8 Å². The summed E-state index contributed by atoms with van der Waals surface area (Å²) in [5.74, 6) is 6.00. The summed E-state index contributed by atoms with van der Waals surface area (Å²) < 4.78 is 0. The minimum Gasteiger partial charge on any atom is -0.481 e. The Balaban J connectivity index is 2.11. The van der Waals surface area contributed by atoms with E-state index in [1.54, 1.807) is 0 Å². The molecule has 0 spiro atoms. The first-order chi connectivity index (χ1) is 22.3. The molecule has 0 amide bonds. The Hall–Kier alpha value is -2.73. The van der Waals surface area contributed by atoms with E-state index in [4.69, 9.17) is 5.11 Å². The summed E-state index contributed by atoms with van der Waals surface area (Å²) in [7, 11) is 0. The molecular weight excluding hydrogens is 578 g/mol. The minimum absolute atomic E-state index is 0.160. The van der Waals surface area contributed by atoms with Crippen molar-refractivity contribution in [2.75, 3.05) is 6.61 Å². The molecule has 7 heteroatoms. The Morgan fingerprint density at radius 1 is 1.09 bits per heavy atom. The largest absolute Gasteiger partial charge is 0.481 e. The van der Waals surface area contributed by atoms with Crippen LogP contribution in [0, 0.1) is 17.8 Å². The summed E-state index contributed by atoms with van der Waals surface area (Å²) in [4.78, 5) is 11.0. The van der Waals surface area contributed by atoms with E-state index < -0.39 is 24.3 Å². The molecule has 1 aromatic rings. The van der Waals surface area contributed by atoms with Crippen LogP contribution in [0.2, 0.25) is 0 Å². The SMILES string of the molecule is CCCCC[C@H](O)/C=C/C1=C(\C[C@H](O)CO)[C@H](CCCCCCC(=O)O)N[C@H]2[C@@H](C#Cc3c(CC)cccc3CC1)C=CC[C@@H]2O. The van der Waals surface area contributed by atoms with Crippen molar-refractivity contribution in [1.29, 1.82) is 0 Å². The zero-order chi connectivity index (χ0) is 33.3. The minimum atomic E-state index is -0.952. The highest BCUT2D eigenvalue weighted by Crippen LogP contribution is 2.30. The summed E-state index contributed by atoms with van der Waals surface area (Å²) in [5.41, 5.74) is 5.38. The van der Waals surface area contributed by atoms with Crippen LogP contribution in [-0.2, 0) is 17.6 Å². The van der Waals surface area contributed by atoms with Crippen LogP contribution in [0.25, 0.3) is 0 Å². The van der Waals surface area contributed by atoms with E-state index in [9.17, 15) is 25.2 Å². The second-order valence-corrected chi connectivity index (χ2v) is 12.9. The topological polar surface area (TPSA) is 130 Å². The molecule has 6 N–H and O–H groups in total. The van der Waals surface area contributed by atoms with Crippen LogP contribution >= 0.6 is 0 Å². The Kier molecular flexibility index (Phi) is 16.8.